The largest absolute Gasteiger partial charge is 0.445 e. The summed E-state index contributed by atoms with van der Waals surface area (Å²) in [5.41, 5.74) is 0.901. The molecule has 3 unspecified atom stereocenters. The van der Waals surface area contributed by atoms with Gasteiger partial charge in [-0.05, 0) is 30.2 Å². The fourth-order valence-corrected chi connectivity index (χ4v) is 3.63. The summed E-state index contributed by atoms with van der Waals surface area (Å²) in [6.07, 6.45) is 8.13. The minimum atomic E-state index is -0.612. The second kappa shape index (κ2) is 18.7. The number of hydrogen-bond acceptors (Lipinski definition) is 4. The van der Waals surface area contributed by atoms with E-state index in [1.165, 1.54) is 0 Å². The summed E-state index contributed by atoms with van der Waals surface area (Å²) in [5.74, 6) is 0.444. The van der Waals surface area contributed by atoms with Gasteiger partial charge in [-0.3, -0.25) is 9.59 Å². The highest BCUT2D eigenvalue weighted by atomic mass is 16.5. The van der Waals surface area contributed by atoms with Crippen molar-refractivity contribution in [2.24, 2.45) is 11.8 Å². The Morgan fingerprint density at radius 1 is 0.829 bits per heavy atom. The Balaban J connectivity index is 2.17. The van der Waals surface area contributed by atoms with Crippen LogP contribution in [-0.2, 0) is 20.9 Å². The highest BCUT2D eigenvalue weighted by Crippen LogP contribution is 2.10. The van der Waals surface area contributed by atoms with Crippen LogP contribution in [-0.4, -0.2) is 37.0 Å². The zero-order chi connectivity index (χ0) is 25.9. The Hall–Kier alpha value is -2.57. The number of nitrogens with one attached hydrogen (secondary N) is 3. The lowest BCUT2D eigenvalue weighted by molar-refractivity contribution is -0.124. The van der Waals surface area contributed by atoms with Gasteiger partial charge in [0.1, 0.15) is 12.6 Å². The van der Waals surface area contributed by atoms with Gasteiger partial charge in [0.05, 0.1) is 0 Å². The molecule has 0 aliphatic heterocycles. The number of benzene rings is 1. The van der Waals surface area contributed by atoms with Crippen LogP contribution in [0.25, 0.3) is 0 Å². The molecular weight excluding hydrogens is 442 g/mol. The normalized spacial score (nSPS) is 13.4. The van der Waals surface area contributed by atoms with Crippen LogP contribution in [0.5, 0.6) is 0 Å². The zero-order valence-corrected chi connectivity index (χ0v) is 22.2. The molecule has 0 radical (unpaired) electrons. The molecule has 1 aromatic rings. The van der Waals surface area contributed by atoms with E-state index >= 15 is 0 Å². The summed E-state index contributed by atoms with van der Waals surface area (Å²) in [4.78, 5) is 36.7. The highest BCUT2D eigenvalue weighted by Gasteiger charge is 2.26. The summed E-state index contributed by atoms with van der Waals surface area (Å²) >= 11 is 0. The van der Waals surface area contributed by atoms with E-state index in [1.807, 2.05) is 44.2 Å². The summed E-state index contributed by atoms with van der Waals surface area (Å²) in [6.45, 7) is 9.68. The molecular formula is C28H47N3O4. The summed E-state index contributed by atoms with van der Waals surface area (Å²) in [7, 11) is 0. The van der Waals surface area contributed by atoms with E-state index in [9.17, 15) is 14.4 Å². The summed E-state index contributed by atoms with van der Waals surface area (Å²) in [5, 5.41) is 8.70. The second-order valence-electron chi connectivity index (χ2n) is 9.55. The van der Waals surface area contributed by atoms with E-state index in [1.54, 1.807) is 0 Å². The Bertz CT molecular complexity index is 726. The molecule has 0 aromatic heterocycles. The Morgan fingerprint density at radius 3 is 2.03 bits per heavy atom. The SMILES string of the molecule is CCC(C)CC(=O)NCCCCCCCCNC(=O)C(NC(=O)OCc1ccccc1)C(C)CC. The zero-order valence-electron chi connectivity index (χ0n) is 22.2. The van der Waals surface area contributed by atoms with Crippen molar-refractivity contribution in [2.75, 3.05) is 13.1 Å². The minimum absolute atomic E-state index is 0.00458. The standard InChI is InChI=1S/C28H47N3O4/c1-5-22(3)20-25(32)29-18-14-9-7-8-10-15-19-30-27(33)26(23(4)6-2)31-28(34)35-21-24-16-12-11-13-17-24/h11-13,16-17,22-23,26H,5-10,14-15,18-21H2,1-4H3,(H,29,32)(H,30,33)(H,31,34). The number of ether oxygens (including phenoxy) is 1. The lowest BCUT2D eigenvalue weighted by Crippen LogP contribution is -2.50. The lowest BCUT2D eigenvalue weighted by Gasteiger charge is -2.23. The summed E-state index contributed by atoms with van der Waals surface area (Å²) in [6, 6.07) is 8.85. The number of carbonyl (C=O) groups excluding carboxylic acids is 3. The van der Waals surface area contributed by atoms with Crippen molar-refractivity contribution in [3.8, 4) is 0 Å². The maximum Gasteiger partial charge on any atom is 0.408 e. The number of hydrogen-bond donors (Lipinski definition) is 3. The molecule has 3 atom stereocenters. The maximum absolute atomic E-state index is 12.7. The van der Waals surface area contributed by atoms with E-state index in [0.29, 0.717) is 18.9 Å². The first kappa shape index (κ1) is 30.5. The third kappa shape index (κ3) is 14.4. The van der Waals surface area contributed by atoms with Gasteiger partial charge in [-0.25, -0.2) is 4.79 Å². The average Bonchev–Trinajstić information content (AvgIpc) is 2.86. The second-order valence-corrected chi connectivity index (χ2v) is 9.55. The fraction of sp³-hybridized carbons (Fsp3) is 0.679. The number of rotatable bonds is 18. The van der Waals surface area contributed by atoms with Crippen molar-refractivity contribution in [1.82, 2.24) is 16.0 Å². The van der Waals surface area contributed by atoms with Crippen LogP contribution in [0.1, 0.15) is 91.0 Å². The quantitative estimate of drug-likeness (QED) is 0.243. The van der Waals surface area contributed by atoms with Gasteiger partial charge in [0.2, 0.25) is 11.8 Å². The molecule has 7 heteroatoms. The molecule has 0 aliphatic rings. The molecule has 0 spiro atoms. The van der Waals surface area contributed by atoms with Crippen molar-refractivity contribution in [3.05, 3.63) is 35.9 Å². The van der Waals surface area contributed by atoms with E-state index in [4.69, 9.17) is 4.74 Å². The molecule has 35 heavy (non-hydrogen) atoms. The molecule has 0 aliphatic carbocycles. The third-order valence-electron chi connectivity index (χ3n) is 6.44. The van der Waals surface area contributed by atoms with Crippen LogP contribution < -0.4 is 16.0 Å². The van der Waals surface area contributed by atoms with E-state index in [0.717, 1.165) is 63.5 Å². The lowest BCUT2D eigenvalue weighted by atomic mass is 9.98. The molecule has 198 valence electrons. The number of unbranched alkanes of at least 4 members (excludes halogenated alkanes) is 5. The average molecular weight is 490 g/mol. The monoisotopic (exact) mass is 489 g/mol. The van der Waals surface area contributed by atoms with Crippen LogP contribution in [0.2, 0.25) is 0 Å². The topological polar surface area (TPSA) is 96.5 Å². The predicted octanol–water partition coefficient (Wildman–Crippen LogP) is 5.34. The molecule has 0 fully saturated rings. The molecule has 0 bridgehead atoms. The molecule has 3 amide bonds. The smallest absolute Gasteiger partial charge is 0.408 e. The Morgan fingerprint density at radius 2 is 1.43 bits per heavy atom. The van der Waals surface area contributed by atoms with Crippen LogP contribution in [0, 0.1) is 11.8 Å². The van der Waals surface area contributed by atoms with Gasteiger partial charge >= 0.3 is 6.09 Å². The van der Waals surface area contributed by atoms with Gasteiger partial charge in [-0.2, -0.15) is 0 Å². The van der Waals surface area contributed by atoms with Crippen molar-refractivity contribution in [3.63, 3.8) is 0 Å². The molecule has 1 aromatic carbocycles. The van der Waals surface area contributed by atoms with Crippen molar-refractivity contribution >= 4 is 17.9 Å². The van der Waals surface area contributed by atoms with Gasteiger partial charge in [0.25, 0.3) is 0 Å². The van der Waals surface area contributed by atoms with Crippen LogP contribution in [0.3, 0.4) is 0 Å². The van der Waals surface area contributed by atoms with E-state index < -0.39 is 12.1 Å². The number of amides is 3. The van der Waals surface area contributed by atoms with Crippen LogP contribution in [0.4, 0.5) is 4.79 Å². The predicted molar refractivity (Wildman–Crippen MR) is 141 cm³/mol. The van der Waals surface area contributed by atoms with Gasteiger partial charge in [-0.1, -0.05) is 96.6 Å². The van der Waals surface area contributed by atoms with Gasteiger partial charge < -0.3 is 20.7 Å². The fourth-order valence-electron chi connectivity index (χ4n) is 3.63. The highest BCUT2D eigenvalue weighted by molar-refractivity contribution is 5.85. The van der Waals surface area contributed by atoms with Crippen molar-refractivity contribution in [2.45, 2.75) is 98.1 Å². The van der Waals surface area contributed by atoms with Crippen LogP contribution in [0.15, 0.2) is 30.3 Å². The molecule has 0 saturated carbocycles. The molecule has 1 rings (SSSR count). The number of alkyl carbamates (subject to hydrolysis) is 1. The van der Waals surface area contributed by atoms with Crippen LogP contribution >= 0.6 is 0 Å². The molecule has 0 saturated heterocycles. The van der Waals surface area contributed by atoms with E-state index in [-0.39, 0.29) is 24.3 Å². The first-order chi connectivity index (χ1) is 16.9. The van der Waals surface area contributed by atoms with Crippen molar-refractivity contribution in [1.29, 1.82) is 0 Å². The Labute approximate surface area is 212 Å². The molecule has 3 N–H and O–H groups in total. The van der Waals surface area contributed by atoms with Gasteiger partial charge in [-0.15, -0.1) is 0 Å². The summed E-state index contributed by atoms with van der Waals surface area (Å²) < 4.78 is 5.28. The van der Waals surface area contributed by atoms with Gasteiger partial charge in [0.15, 0.2) is 0 Å². The first-order valence-corrected chi connectivity index (χ1v) is 13.4. The van der Waals surface area contributed by atoms with Crippen molar-refractivity contribution < 1.29 is 19.1 Å². The number of carbonyl (C=O) groups is 3. The van der Waals surface area contributed by atoms with Gasteiger partial charge in [0, 0.05) is 19.5 Å². The third-order valence-corrected chi connectivity index (χ3v) is 6.44. The molecule has 0 heterocycles. The minimum Gasteiger partial charge on any atom is -0.445 e. The van der Waals surface area contributed by atoms with E-state index in [2.05, 4.69) is 29.8 Å². The maximum atomic E-state index is 12.7. The Kier molecular flexibility index (Phi) is 16.3. The molecule has 7 nitrogen and oxygen atoms in total. The first-order valence-electron chi connectivity index (χ1n) is 13.4.